The standard InChI is InChI=1S/C13H12O2/c1-8-10(3)15-12-7-5-4-6-11(12)13(8)9(2)14/h4-7H,3H2,1-2H3. The summed E-state index contributed by atoms with van der Waals surface area (Å²) in [6, 6.07) is 7.51. The van der Waals surface area contributed by atoms with Crippen LogP contribution in [0.15, 0.2) is 42.2 Å². The van der Waals surface area contributed by atoms with Gasteiger partial charge in [-0.2, -0.15) is 0 Å². The van der Waals surface area contributed by atoms with Crippen molar-refractivity contribution in [3.05, 3.63) is 47.7 Å². The van der Waals surface area contributed by atoms with Gasteiger partial charge in [0.1, 0.15) is 11.5 Å². The highest BCUT2D eigenvalue weighted by Gasteiger charge is 2.22. The van der Waals surface area contributed by atoms with Crippen LogP contribution in [0.4, 0.5) is 0 Å². The van der Waals surface area contributed by atoms with Crippen molar-refractivity contribution < 1.29 is 9.53 Å². The van der Waals surface area contributed by atoms with E-state index >= 15 is 0 Å². The maximum atomic E-state index is 11.6. The number of ether oxygens (including phenoxy) is 1. The van der Waals surface area contributed by atoms with Gasteiger partial charge in [-0.25, -0.2) is 0 Å². The SMILES string of the molecule is C=C1Oc2ccccc2C(C(C)=O)=C1C. The van der Waals surface area contributed by atoms with E-state index in [1.54, 1.807) is 6.92 Å². The van der Waals surface area contributed by atoms with E-state index in [1.807, 2.05) is 31.2 Å². The Bertz CT molecular complexity index is 481. The van der Waals surface area contributed by atoms with Gasteiger partial charge in [0.25, 0.3) is 0 Å². The van der Waals surface area contributed by atoms with Crippen LogP contribution in [-0.4, -0.2) is 5.78 Å². The third-order valence-electron chi connectivity index (χ3n) is 2.53. The number of para-hydroxylation sites is 1. The van der Waals surface area contributed by atoms with Crippen LogP contribution in [0, 0.1) is 0 Å². The van der Waals surface area contributed by atoms with Crippen LogP contribution in [0.3, 0.4) is 0 Å². The lowest BCUT2D eigenvalue weighted by molar-refractivity contribution is -0.111. The van der Waals surface area contributed by atoms with Crippen molar-refractivity contribution in [1.29, 1.82) is 0 Å². The second-order valence-corrected chi connectivity index (χ2v) is 3.58. The van der Waals surface area contributed by atoms with Crippen molar-refractivity contribution in [3.63, 3.8) is 0 Å². The van der Waals surface area contributed by atoms with E-state index < -0.39 is 0 Å². The molecule has 0 aromatic heterocycles. The average molecular weight is 200 g/mol. The fourth-order valence-corrected chi connectivity index (χ4v) is 1.77. The maximum absolute atomic E-state index is 11.6. The molecule has 1 aliphatic heterocycles. The van der Waals surface area contributed by atoms with Gasteiger partial charge < -0.3 is 4.74 Å². The van der Waals surface area contributed by atoms with Gasteiger partial charge in [0, 0.05) is 16.7 Å². The number of Topliss-reactive ketones (excluding diaryl/α,β-unsaturated/α-hetero) is 1. The molecule has 0 spiro atoms. The van der Waals surface area contributed by atoms with Crippen LogP contribution in [0.1, 0.15) is 19.4 Å². The summed E-state index contributed by atoms with van der Waals surface area (Å²) >= 11 is 0. The number of carbonyl (C=O) groups excluding carboxylic acids is 1. The Hall–Kier alpha value is -1.83. The number of rotatable bonds is 1. The molecule has 0 saturated heterocycles. The van der Waals surface area contributed by atoms with E-state index in [0.29, 0.717) is 17.1 Å². The van der Waals surface area contributed by atoms with E-state index in [2.05, 4.69) is 6.58 Å². The normalized spacial score (nSPS) is 14.7. The van der Waals surface area contributed by atoms with E-state index in [1.165, 1.54) is 0 Å². The van der Waals surface area contributed by atoms with Gasteiger partial charge in [-0.3, -0.25) is 4.79 Å². The van der Waals surface area contributed by atoms with Crippen LogP contribution >= 0.6 is 0 Å². The molecule has 2 nitrogen and oxygen atoms in total. The highest BCUT2D eigenvalue weighted by Crippen LogP contribution is 2.36. The smallest absolute Gasteiger partial charge is 0.160 e. The Kier molecular flexibility index (Phi) is 2.19. The molecule has 1 aromatic rings. The Labute approximate surface area is 88.9 Å². The van der Waals surface area contributed by atoms with Gasteiger partial charge in [0.05, 0.1) is 0 Å². The Balaban J connectivity index is 2.71. The molecular weight excluding hydrogens is 188 g/mol. The molecule has 0 amide bonds. The molecule has 2 heteroatoms. The Morgan fingerprint density at radius 3 is 2.67 bits per heavy atom. The fraction of sp³-hybridized carbons (Fsp3) is 0.154. The lowest BCUT2D eigenvalue weighted by atomic mass is 9.94. The van der Waals surface area contributed by atoms with E-state index in [0.717, 1.165) is 11.1 Å². The van der Waals surface area contributed by atoms with E-state index in [-0.39, 0.29) is 5.78 Å². The summed E-state index contributed by atoms with van der Waals surface area (Å²) in [5.74, 6) is 1.31. The molecule has 0 bridgehead atoms. The first-order chi connectivity index (χ1) is 7.11. The van der Waals surface area contributed by atoms with Gasteiger partial charge in [-0.15, -0.1) is 0 Å². The summed E-state index contributed by atoms with van der Waals surface area (Å²) in [5.41, 5.74) is 2.39. The van der Waals surface area contributed by atoms with Gasteiger partial charge >= 0.3 is 0 Å². The minimum absolute atomic E-state index is 0.0457. The van der Waals surface area contributed by atoms with Crippen LogP contribution in [0.5, 0.6) is 5.75 Å². The molecule has 1 heterocycles. The topological polar surface area (TPSA) is 26.3 Å². The van der Waals surface area contributed by atoms with Gasteiger partial charge in [0.15, 0.2) is 5.78 Å². The minimum atomic E-state index is 0.0457. The van der Waals surface area contributed by atoms with Crippen molar-refractivity contribution >= 4 is 11.4 Å². The number of carbonyl (C=O) groups is 1. The van der Waals surface area contributed by atoms with Gasteiger partial charge in [0.2, 0.25) is 0 Å². The molecule has 0 N–H and O–H groups in total. The van der Waals surface area contributed by atoms with Crippen molar-refractivity contribution in [2.24, 2.45) is 0 Å². The van der Waals surface area contributed by atoms with Gasteiger partial charge in [-0.05, 0) is 19.9 Å². The molecule has 0 aliphatic carbocycles. The Morgan fingerprint density at radius 1 is 1.33 bits per heavy atom. The number of hydrogen-bond donors (Lipinski definition) is 0. The quantitative estimate of drug-likeness (QED) is 0.696. The van der Waals surface area contributed by atoms with Crippen LogP contribution in [0.2, 0.25) is 0 Å². The number of benzene rings is 1. The van der Waals surface area contributed by atoms with E-state index in [9.17, 15) is 4.79 Å². The largest absolute Gasteiger partial charge is 0.457 e. The maximum Gasteiger partial charge on any atom is 0.160 e. The average Bonchev–Trinajstić information content (AvgIpc) is 2.19. The van der Waals surface area contributed by atoms with E-state index in [4.69, 9.17) is 4.74 Å². The number of allylic oxidation sites excluding steroid dienone is 2. The lowest BCUT2D eigenvalue weighted by Crippen LogP contribution is -2.11. The lowest BCUT2D eigenvalue weighted by Gasteiger charge is -2.21. The predicted molar refractivity (Wildman–Crippen MR) is 59.5 cm³/mol. The highest BCUT2D eigenvalue weighted by molar-refractivity contribution is 6.22. The van der Waals surface area contributed by atoms with Crippen LogP contribution < -0.4 is 4.74 Å². The fourth-order valence-electron chi connectivity index (χ4n) is 1.77. The molecule has 0 fully saturated rings. The van der Waals surface area contributed by atoms with Gasteiger partial charge in [-0.1, -0.05) is 24.8 Å². The zero-order chi connectivity index (χ0) is 11.0. The van der Waals surface area contributed by atoms with Crippen molar-refractivity contribution in [3.8, 4) is 5.75 Å². The summed E-state index contributed by atoms with van der Waals surface area (Å²) in [6.45, 7) is 7.21. The second kappa shape index (κ2) is 3.39. The summed E-state index contributed by atoms with van der Waals surface area (Å²) in [7, 11) is 0. The number of ketones is 1. The molecule has 2 rings (SSSR count). The van der Waals surface area contributed by atoms with Crippen molar-refractivity contribution in [2.75, 3.05) is 0 Å². The first-order valence-electron chi connectivity index (χ1n) is 4.79. The monoisotopic (exact) mass is 200 g/mol. The molecule has 15 heavy (non-hydrogen) atoms. The second-order valence-electron chi connectivity index (χ2n) is 3.58. The zero-order valence-electron chi connectivity index (χ0n) is 8.83. The molecule has 1 aliphatic rings. The molecular formula is C13H12O2. The molecule has 76 valence electrons. The van der Waals surface area contributed by atoms with Crippen molar-refractivity contribution in [2.45, 2.75) is 13.8 Å². The molecule has 0 saturated carbocycles. The summed E-state index contributed by atoms with van der Waals surface area (Å²) in [4.78, 5) is 11.6. The predicted octanol–water partition coefficient (Wildman–Crippen LogP) is 2.96. The summed E-state index contributed by atoms with van der Waals surface area (Å²) < 4.78 is 5.52. The first kappa shape index (κ1) is 9.71. The van der Waals surface area contributed by atoms with Crippen molar-refractivity contribution in [1.82, 2.24) is 0 Å². The molecule has 0 atom stereocenters. The number of fused-ring (bicyclic) bond motifs is 1. The third-order valence-corrected chi connectivity index (χ3v) is 2.53. The molecule has 0 radical (unpaired) electrons. The highest BCUT2D eigenvalue weighted by atomic mass is 16.5. The van der Waals surface area contributed by atoms with Crippen LogP contribution in [0.25, 0.3) is 5.57 Å². The Morgan fingerprint density at radius 2 is 2.00 bits per heavy atom. The minimum Gasteiger partial charge on any atom is -0.457 e. The summed E-state index contributed by atoms with van der Waals surface area (Å²) in [5, 5.41) is 0. The third kappa shape index (κ3) is 1.48. The molecule has 0 unspecified atom stereocenters. The number of hydrogen-bond acceptors (Lipinski definition) is 2. The zero-order valence-corrected chi connectivity index (χ0v) is 8.83. The first-order valence-corrected chi connectivity index (χ1v) is 4.79. The summed E-state index contributed by atoms with van der Waals surface area (Å²) in [6.07, 6.45) is 0. The van der Waals surface area contributed by atoms with Crippen LogP contribution in [-0.2, 0) is 4.79 Å². The molecule has 1 aromatic carbocycles.